The van der Waals surface area contributed by atoms with Crippen LogP contribution < -0.4 is 0 Å². The van der Waals surface area contributed by atoms with Crippen LogP contribution >= 0.6 is 23.2 Å². The van der Waals surface area contributed by atoms with E-state index in [1.807, 2.05) is 19.1 Å². The number of oxazole rings is 1. The van der Waals surface area contributed by atoms with Crippen molar-refractivity contribution in [2.45, 2.75) is 12.8 Å². The van der Waals surface area contributed by atoms with Gasteiger partial charge in [0.05, 0.1) is 16.2 Å². The van der Waals surface area contributed by atoms with Gasteiger partial charge in [0, 0.05) is 5.92 Å². The second-order valence-electron chi connectivity index (χ2n) is 3.30. The Morgan fingerprint density at radius 1 is 1.27 bits per heavy atom. The third-order valence-corrected chi connectivity index (χ3v) is 3.06. The SMILES string of the molecule is C[C@H](c1ccc(Cl)c(Cl)c1)c1cnco1. The van der Waals surface area contributed by atoms with Gasteiger partial charge in [0.25, 0.3) is 0 Å². The van der Waals surface area contributed by atoms with Crippen molar-refractivity contribution in [1.29, 1.82) is 0 Å². The Morgan fingerprint density at radius 2 is 2.07 bits per heavy atom. The highest BCUT2D eigenvalue weighted by Crippen LogP contribution is 2.29. The van der Waals surface area contributed by atoms with Crippen LogP contribution in [0.2, 0.25) is 10.0 Å². The molecule has 1 atom stereocenters. The molecule has 2 aromatic rings. The van der Waals surface area contributed by atoms with Crippen LogP contribution in [0.4, 0.5) is 0 Å². The molecule has 1 aromatic carbocycles. The number of benzene rings is 1. The fourth-order valence-electron chi connectivity index (χ4n) is 1.39. The second kappa shape index (κ2) is 4.25. The van der Waals surface area contributed by atoms with Gasteiger partial charge in [-0.25, -0.2) is 4.98 Å². The number of halogens is 2. The summed E-state index contributed by atoms with van der Waals surface area (Å²) in [6, 6.07) is 5.56. The van der Waals surface area contributed by atoms with Gasteiger partial charge < -0.3 is 4.42 Å². The van der Waals surface area contributed by atoms with E-state index in [9.17, 15) is 0 Å². The average molecular weight is 242 g/mol. The lowest BCUT2D eigenvalue weighted by Crippen LogP contribution is -1.93. The Hall–Kier alpha value is -0.990. The predicted octanol–water partition coefficient (Wildman–Crippen LogP) is 4.13. The lowest BCUT2D eigenvalue weighted by molar-refractivity contribution is 0.491. The second-order valence-corrected chi connectivity index (χ2v) is 4.11. The summed E-state index contributed by atoms with van der Waals surface area (Å²) in [5.74, 6) is 0.940. The summed E-state index contributed by atoms with van der Waals surface area (Å²) in [4.78, 5) is 3.88. The first kappa shape index (κ1) is 10.5. The smallest absolute Gasteiger partial charge is 0.180 e. The van der Waals surface area contributed by atoms with Crippen LogP contribution in [0.15, 0.2) is 35.2 Å². The summed E-state index contributed by atoms with van der Waals surface area (Å²) >= 11 is 11.8. The molecule has 0 saturated carbocycles. The zero-order valence-corrected chi connectivity index (χ0v) is 9.59. The Kier molecular flexibility index (Phi) is 2.98. The van der Waals surface area contributed by atoms with Crippen LogP contribution in [0, 0.1) is 0 Å². The zero-order chi connectivity index (χ0) is 10.8. The molecule has 2 nitrogen and oxygen atoms in total. The lowest BCUT2D eigenvalue weighted by atomic mass is 9.99. The number of rotatable bonds is 2. The molecule has 15 heavy (non-hydrogen) atoms. The van der Waals surface area contributed by atoms with E-state index in [2.05, 4.69) is 4.98 Å². The van der Waals surface area contributed by atoms with Crippen molar-refractivity contribution < 1.29 is 4.42 Å². The Balaban J connectivity index is 2.34. The molecule has 2 rings (SSSR count). The maximum Gasteiger partial charge on any atom is 0.180 e. The molecule has 0 amide bonds. The first-order valence-corrected chi connectivity index (χ1v) is 5.27. The third-order valence-electron chi connectivity index (χ3n) is 2.32. The van der Waals surface area contributed by atoms with Gasteiger partial charge in [0.1, 0.15) is 5.76 Å². The van der Waals surface area contributed by atoms with Gasteiger partial charge in [-0.2, -0.15) is 0 Å². The van der Waals surface area contributed by atoms with Crippen molar-refractivity contribution in [1.82, 2.24) is 4.98 Å². The highest BCUT2D eigenvalue weighted by Gasteiger charge is 2.12. The first-order chi connectivity index (χ1) is 7.18. The molecule has 78 valence electrons. The fraction of sp³-hybridized carbons (Fsp3) is 0.182. The summed E-state index contributed by atoms with van der Waals surface area (Å²) in [5.41, 5.74) is 1.06. The van der Waals surface area contributed by atoms with Crippen LogP contribution in [0.1, 0.15) is 24.2 Å². The normalized spacial score (nSPS) is 12.7. The van der Waals surface area contributed by atoms with Crippen LogP contribution in [-0.4, -0.2) is 4.98 Å². The van der Waals surface area contributed by atoms with Gasteiger partial charge in [0.2, 0.25) is 0 Å². The van der Waals surface area contributed by atoms with Crippen LogP contribution in [0.25, 0.3) is 0 Å². The molecule has 0 unspecified atom stereocenters. The van der Waals surface area contributed by atoms with Crippen molar-refractivity contribution >= 4 is 23.2 Å². The van der Waals surface area contributed by atoms with Gasteiger partial charge >= 0.3 is 0 Å². The van der Waals surface area contributed by atoms with Crippen LogP contribution in [0.5, 0.6) is 0 Å². The molecule has 0 aliphatic carbocycles. The minimum atomic E-state index is 0.127. The monoisotopic (exact) mass is 241 g/mol. The van der Waals surface area contributed by atoms with E-state index in [1.165, 1.54) is 6.39 Å². The summed E-state index contributed by atoms with van der Waals surface area (Å²) < 4.78 is 5.23. The van der Waals surface area contributed by atoms with E-state index < -0.39 is 0 Å². The molecular weight excluding hydrogens is 233 g/mol. The van der Waals surface area contributed by atoms with Crippen molar-refractivity contribution in [3.05, 3.63) is 52.2 Å². The quantitative estimate of drug-likeness (QED) is 0.791. The average Bonchev–Trinajstić information content (AvgIpc) is 2.74. The van der Waals surface area contributed by atoms with Gasteiger partial charge in [0.15, 0.2) is 6.39 Å². The molecule has 0 N–H and O–H groups in total. The van der Waals surface area contributed by atoms with E-state index in [4.69, 9.17) is 27.6 Å². The van der Waals surface area contributed by atoms with Crippen molar-refractivity contribution in [3.8, 4) is 0 Å². The number of hydrogen-bond acceptors (Lipinski definition) is 2. The molecular formula is C11H9Cl2NO. The predicted molar refractivity (Wildman–Crippen MR) is 60.5 cm³/mol. The van der Waals surface area contributed by atoms with Crippen LogP contribution in [-0.2, 0) is 0 Å². The Labute approximate surface area is 97.8 Å². The van der Waals surface area contributed by atoms with Crippen LogP contribution in [0.3, 0.4) is 0 Å². The summed E-state index contributed by atoms with van der Waals surface area (Å²) in [6.45, 7) is 2.03. The highest BCUT2D eigenvalue weighted by molar-refractivity contribution is 6.42. The minimum absolute atomic E-state index is 0.127. The molecule has 0 aliphatic heterocycles. The van der Waals surface area contributed by atoms with Crippen molar-refractivity contribution in [2.24, 2.45) is 0 Å². The van der Waals surface area contributed by atoms with Gasteiger partial charge in [-0.15, -0.1) is 0 Å². The number of nitrogens with zero attached hydrogens (tertiary/aromatic N) is 1. The minimum Gasteiger partial charge on any atom is -0.448 e. The first-order valence-electron chi connectivity index (χ1n) is 4.52. The van der Waals surface area contributed by atoms with Gasteiger partial charge in [-0.1, -0.05) is 36.2 Å². The molecule has 4 heteroatoms. The van der Waals surface area contributed by atoms with E-state index in [0.29, 0.717) is 10.0 Å². The Bertz CT molecular complexity index is 454. The van der Waals surface area contributed by atoms with Crippen molar-refractivity contribution in [3.63, 3.8) is 0 Å². The standard InChI is InChI=1S/C11H9Cl2NO/c1-7(11-5-14-6-15-11)8-2-3-9(12)10(13)4-8/h2-7H,1H3/t7-/m1/s1. The zero-order valence-electron chi connectivity index (χ0n) is 8.08. The van der Waals surface area contributed by atoms with E-state index in [0.717, 1.165) is 11.3 Å². The molecule has 0 aliphatic rings. The topological polar surface area (TPSA) is 26.0 Å². The molecule has 1 heterocycles. The van der Waals surface area contributed by atoms with E-state index in [1.54, 1.807) is 12.3 Å². The maximum atomic E-state index is 5.94. The Morgan fingerprint density at radius 3 is 2.67 bits per heavy atom. The largest absolute Gasteiger partial charge is 0.448 e. The fourth-order valence-corrected chi connectivity index (χ4v) is 1.69. The number of aromatic nitrogens is 1. The van der Waals surface area contributed by atoms with Crippen molar-refractivity contribution in [2.75, 3.05) is 0 Å². The van der Waals surface area contributed by atoms with Gasteiger partial charge in [-0.3, -0.25) is 0 Å². The van der Waals surface area contributed by atoms with Gasteiger partial charge in [-0.05, 0) is 17.7 Å². The molecule has 1 aromatic heterocycles. The molecule has 0 fully saturated rings. The van der Waals surface area contributed by atoms with E-state index in [-0.39, 0.29) is 5.92 Å². The highest BCUT2D eigenvalue weighted by atomic mass is 35.5. The summed E-state index contributed by atoms with van der Waals surface area (Å²) in [7, 11) is 0. The summed E-state index contributed by atoms with van der Waals surface area (Å²) in [5, 5.41) is 1.12. The molecule has 0 saturated heterocycles. The summed E-state index contributed by atoms with van der Waals surface area (Å²) in [6.07, 6.45) is 3.12. The van der Waals surface area contributed by atoms with E-state index >= 15 is 0 Å². The molecule has 0 bridgehead atoms. The molecule has 0 radical (unpaired) electrons. The molecule has 0 spiro atoms. The number of hydrogen-bond donors (Lipinski definition) is 0. The maximum absolute atomic E-state index is 5.94. The third kappa shape index (κ3) is 2.16. The lowest BCUT2D eigenvalue weighted by Gasteiger charge is -2.09.